The van der Waals surface area contributed by atoms with Crippen LogP contribution in [0.1, 0.15) is 0 Å². The van der Waals surface area contributed by atoms with Crippen molar-refractivity contribution in [3.63, 3.8) is 0 Å². The van der Waals surface area contributed by atoms with Gasteiger partial charge in [0.2, 0.25) is 0 Å². The van der Waals surface area contributed by atoms with Gasteiger partial charge in [-0.3, -0.25) is 0 Å². The molecule has 0 aliphatic carbocycles. The molecule has 13 aromatic rings. The van der Waals surface area contributed by atoms with Crippen molar-refractivity contribution in [3.05, 3.63) is 261 Å². The number of fused-ring (bicyclic) bond motifs is 6. The van der Waals surface area contributed by atoms with Crippen molar-refractivity contribution in [3.8, 4) is 78.4 Å². The Kier molecular flexibility index (Phi) is 9.50. The lowest BCUT2D eigenvalue weighted by Gasteiger charge is -2.13. The van der Waals surface area contributed by atoms with Crippen molar-refractivity contribution in [1.82, 2.24) is 14.1 Å². The first-order valence-electron chi connectivity index (χ1n) is 23.3. The summed E-state index contributed by atoms with van der Waals surface area (Å²) >= 11 is 0. The quantitative estimate of drug-likeness (QED) is 0.149. The number of hydrogen-bond donors (Lipinski definition) is 0. The van der Waals surface area contributed by atoms with Crippen LogP contribution in [0, 0.1) is 0 Å². The van der Waals surface area contributed by atoms with Crippen molar-refractivity contribution < 1.29 is 0 Å². The molecule has 0 radical (unpaired) electrons. The minimum Gasteiger partial charge on any atom is -0.309 e. The van der Waals surface area contributed by atoms with Crippen molar-refractivity contribution in [2.24, 2.45) is 0 Å². The van der Waals surface area contributed by atoms with Crippen LogP contribution in [0.25, 0.3) is 122 Å². The molecule has 13 rings (SSSR count). The second-order valence-electron chi connectivity index (χ2n) is 17.6. The average molecular weight is 866 g/mol. The molecule has 0 spiro atoms. The van der Waals surface area contributed by atoms with Crippen LogP contribution >= 0.6 is 0 Å². The molecule has 0 fully saturated rings. The Balaban J connectivity index is 0.885. The van der Waals surface area contributed by atoms with Gasteiger partial charge < -0.3 is 9.13 Å². The fourth-order valence-electron chi connectivity index (χ4n) is 10.2. The zero-order chi connectivity index (χ0) is 45.0. The van der Waals surface area contributed by atoms with Gasteiger partial charge in [0, 0.05) is 44.0 Å². The van der Waals surface area contributed by atoms with E-state index in [2.05, 4.69) is 264 Å². The maximum absolute atomic E-state index is 5.22. The first kappa shape index (κ1) is 39.3. The van der Waals surface area contributed by atoms with Crippen LogP contribution < -0.4 is 0 Å². The van der Waals surface area contributed by atoms with Gasteiger partial charge in [-0.2, -0.15) is 0 Å². The van der Waals surface area contributed by atoms with Gasteiger partial charge in [-0.1, -0.05) is 200 Å². The van der Waals surface area contributed by atoms with Crippen LogP contribution in [0.5, 0.6) is 0 Å². The predicted octanol–water partition coefficient (Wildman–Crippen LogP) is 17.3. The van der Waals surface area contributed by atoms with Gasteiger partial charge >= 0.3 is 0 Å². The SMILES string of the molecule is c1ccc(-c2ccc(-c3ccc(-n4c5ccccc5c5ccc(-c6ccc7c8ccccc8n(-c8ccc(-c9cc(-c%10ccccc%10)cc(-c%10ccccc%10)n9)cc8)c7c6)cc54)cc3)cc2)cc1. The van der Waals surface area contributed by atoms with E-state index in [1.54, 1.807) is 0 Å². The molecule has 3 heteroatoms. The lowest BCUT2D eigenvalue weighted by molar-refractivity contribution is 1.18. The second kappa shape index (κ2) is 16.4. The number of aromatic nitrogens is 3. The maximum Gasteiger partial charge on any atom is 0.0715 e. The summed E-state index contributed by atoms with van der Waals surface area (Å²) < 4.78 is 4.83. The van der Waals surface area contributed by atoms with E-state index in [-0.39, 0.29) is 0 Å². The Hall–Kier alpha value is -9.05. The first-order valence-corrected chi connectivity index (χ1v) is 23.3. The van der Waals surface area contributed by atoms with Crippen molar-refractivity contribution in [2.45, 2.75) is 0 Å². The molecule has 3 heterocycles. The smallest absolute Gasteiger partial charge is 0.0715 e. The molecule has 0 aliphatic heterocycles. The molecule has 3 aromatic heterocycles. The summed E-state index contributed by atoms with van der Waals surface area (Å²) in [6.45, 7) is 0. The summed E-state index contributed by atoms with van der Waals surface area (Å²) in [4.78, 5) is 5.22. The molecule has 0 saturated carbocycles. The molecule has 10 aromatic carbocycles. The second-order valence-corrected chi connectivity index (χ2v) is 17.6. The average Bonchev–Trinajstić information content (AvgIpc) is 3.94. The van der Waals surface area contributed by atoms with E-state index >= 15 is 0 Å². The van der Waals surface area contributed by atoms with E-state index in [4.69, 9.17) is 4.98 Å². The van der Waals surface area contributed by atoms with Crippen LogP contribution in [0.4, 0.5) is 0 Å². The van der Waals surface area contributed by atoms with E-state index in [1.165, 1.54) is 82.6 Å². The molecule has 318 valence electrons. The van der Waals surface area contributed by atoms with Gasteiger partial charge in [-0.25, -0.2) is 4.98 Å². The van der Waals surface area contributed by atoms with E-state index in [0.717, 1.165) is 39.5 Å². The summed E-state index contributed by atoms with van der Waals surface area (Å²) in [6.07, 6.45) is 0. The Morgan fingerprint density at radius 2 is 0.515 bits per heavy atom. The highest BCUT2D eigenvalue weighted by Crippen LogP contribution is 2.39. The van der Waals surface area contributed by atoms with Crippen LogP contribution in [-0.4, -0.2) is 14.1 Å². The van der Waals surface area contributed by atoms with E-state index in [0.29, 0.717) is 0 Å². The zero-order valence-electron chi connectivity index (χ0n) is 37.2. The molecule has 68 heavy (non-hydrogen) atoms. The molecule has 0 unspecified atom stereocenters. The van der Waals surface area contributed by atoms with Crippen LogP contribution in [0.15, 0.2) is 261 Å². The third-order valence-corrected chi connectivity index (χ3v) is 13.6. The van der Waals surface area contributed by atoms with Crippen molar-refractivity contribution >= 4 is 43.6 Å². The first-order chi connectivity index (χ1) is 33.7. The van der Waals surface area contributed by atoms with Crippen LogP contribution in [0.2, 0.25) is 0 Å². The molecule has 3 nitrogen and oxygen atoms in total. The number of hydrogen-bond acceptors (Lipinski definition) is 1. The van der Waals surface area contributed by atoms with E-state index < -0.39 is 0 Å². The lowest BCUT2D eigenvalue weighted by atomic mass is 10.00. The molecule has 0 amide bonds. The maximum atomic E-state index is 5.22. The minimum atomic E-state index is 0.943. The van der Waals surface area contributed by atoms with E-state index in [9.17, 15) is 0 Å². The number of nitrogens with zero attached hydrogens (tertiary/aromatic N) is 3. The Morgan fingerprint density at radius 3 is 0.971 bits per heavy atom. The standard InChI is InChI=1S/C65H43N3/c1-4-14-44(15-5-1)46-24-26-47(27-25-46)48-28-34-54(35-29-48)67-62-22-12-10-20-56(62)58-38-32-51(42-64(58)67)52-33-39-59-57-21-11-13-23-63(57)68(65(59)43-52)55-36-30-50(31-37-55)61-41-53(45-16-6-2-7-17-45)40-60(66-61)49-18-8-3-9-19-49/h1-43H. The van der Waals surface area contributed by atoms with Crippen molar-refractivity contribution in [2.75, 3.05) is 0 Å². The monoisotopic (exact) mass is 865 g/mol. The summed E-state index contributed by atoms with van der Waals surface area (Å²) in [7, 11) is 0. The molecule has 0 N–H and O–H groups in total. The molecular formula is C65H43N3. The number of para-hydroxylation sites is 2. The summed E-state index contributed by atoms with van der Waals surface area (Å²) in [5.41, 5.74) is 20.5. The third-order valence-electron chi connectivity index (χ3n) is 13.6. The molecule has 0 bridgehead atoms. The van der Waals surface area contributed by atoms with Gasteiger partial charge in [0.05, 0.1) is 33.5 Å². The number of rotatable bonds is 8. The highest BCUT2D eigenvalue weighted by molar-refractivity contribution is 6.12. The van der Waals surface area contributed by atoms with Gasteiger partial charge in [-0.15, -0.1) is 0 Å². The highest BCUT2D eigenvalue weighted by Gasteiger charge is 2.17. The zero-order valence-corrected chi connectivity index (χ0v) is 37.2. The van der Waals surface area contributed by atoms with Crippen LogP contribution in [0.3, 0.4) is 0 Å². The third kappa shape index (κ3) is 6.88. The normalized spacial score (nSPS) is 11.5. The lowest BCUT2D eigenvalue weighted by Crippen LogP contribution is -1.95. The number of pyridine rings is 1. The van der Waals surface area contributed by atoms with Gasteiger partial charge in [-0.05, 0) is 105 Å². The Labute approximate surface area is 395 Å². The summed E-state index contributed by atoms with van der Waals surface area (Å²) in [5.74, 6) is 0. The molecular weight excluding hydrogens is 823 g/mol. The largest absolute Gasteiger partial charge is 0.309 e. The van der Waals surface area contributed by atoms with Crippen LogP contribution in [-0.2, 0) is 0 Å². The summed E-state index contributed by atoms with van der Waals surface area (Å²) in [5, 5.41) is 4.93. The Morgan fingerprint density at radius 1 is 0.206 bits per heavy atom. The highest BCUT2D eigenvalue weighted by atomic mass is 15.0. The Bertz CT molecular complexity index is 3900. The van der Waals surface area contributed by atoms with Crippen molar-refractivity contribution in [1.29, 1.82) is 0 Å². The minimum absolute atomic E-state index is 0.943. The van der Waals surface area contributed by atoms with Gasteiger partial charge in [0.15, 0.2) is 0 Å². The fourth-order valence-corrected chi connectivity index (χ4v) is 10.2. The summed E-state index contributed by atoms with van der Waals surface area (Å²) in [6, 6.07) is 94.2. The predicted molar refractivity (Wildman–Crippen MR) is 286 cm³/mol. The molecule has 0 atom stereocenters. The molecule has 0 aliphatic rings. The fraction of sp³-hybridized carbons (Fsp3) is 0. The molecule has 0 saturated heterocycles. The number of benzene rings is 10. The topological polar surface area (TPSA) is 22.8 Å². The van der Waals surface area contributed by atoms with Gasteiger partial charge in [0.25, 0.3) is 0 Å². The van der Waals surface area contributed by atoms with Gasteiger partial charge in [0.1, 0.15) is 0 Å². The van der Waals surface area contributed by atoms with E-state index in [1.807, 2.05) is 6.07 Å².